The average Bonchev–Trinajstić information content (AvgIpc) is 2.19. The van der Waals surface area contributed by atoms with Gasteiger partial charge in [0.1, 0.15) is 6.29 Å². The van der Waals surface area contributed by atoms with Gasteiger partial charge in [-0.25, -0.2) is 0 Å². The number of carbonyl (C=O) groups excluding carboxylic acids is 1. The highest BCUT2D eigenvalue weighted by Gasteiger charge is 2.09. The summed E-state index contributed by atoms with van der Waals surface area (Å²) in [7, 11) is 0. The lowest BCUT2D eigenvalue weighted by Crippen LogP contribution is -2.14. The van der Waals surface area contributed by atoms with Crippen LogP contribution in [0.5, 0.6) is 0 Å². The van der Waals surface area contributed by atoms with E-state index in [9.17, 15) is 9.90 Å². The van der Waals surface area contributed by atoms with Crippen LogP contribution in [0.1, 0.15) is 24.2 Å². The highest BCUT2D eigenvalue weighted by atomic mass is 32.2. The smallest absolute Gasteiger partial charge is 0.150 e. The van der Waals surface area contributed by atoms with Crippen molar-refractivity contribution in [1.29, 1.82) is 0 Å². The molecule has 0 aliphatic rings. The minimum Gasteiger partial charge on any atom is -0.392 e. The summed E-state index contributed by atoms with van der Waals surface area (Å²) < 4.78 is 0. The quantitative estimate of drug-likeness (QED) is 0.612. The van der Waals surface area contributed by atoms with Crippen molar-refractivity contribution in [2.24, 2.45) is 0 Å². The zero-order chi connectivity index (χ0) is 10.6. The van der Waals surface area contributed by atoms with Crippen molar-refractivity contribution in [1.82, 2.24) is 0 Å². The van der Waals surface area contributed by atoms with Gasteiger partial charge in [0, 0.05) is 15.7 Å². The van der Waals surface area contributed by atoms with Crippen LogP contribution in [0.15, 0.2) is 29.2 Å². The molecular weight excluding hydrogens is 196 g/mol. The van der Waals surface area contributed by atoms with Gasteiger partial charge in [-0.05, 0) is 19.1 Å². The van der Waals surface area contributed by atoms with Crippen LogP contribution < -0.4 is 0 Å². The fourth-order valence-electron chi connectivity index (χ4n) is 0.938. The third kappa shape index (κ3) is 3.16. The fourth-order valence-corrected chi connectivity index (χ4v) is 1.86. The number of hydrogen-bond donors (Lipinski definition) is 1. The molecule has 0 heterocycles. The minimum atomic E-state index is -0.328. The number of hydrogen-bond acceptors (Lipinski definition) is 3. The van der Waals surface area contributed by atoms with Gasteiger partial charge in [-0.2, -0.15) is 0 Å². The second-order valence-electron chi connectivity index (χ2n) is 3.25. The highest BCUT2D eigenvalue weighted by Crippen LogP contribution is 2.24. The Kier molecular flexibility index (Phi) is 4.17. The SMILES string of the molecule is CC(O)C(C)Sc1ccc(C=O)cc1. The van der Waals surface area contributed by atoms with Crippen molar-refractivity contribution in [3.63, 3.8) is 0 Å². The molecule has 0 spiro atoms. The molecule has 0 saturated heterocycles. The van der Waals surface area contributed by atoms with Crippen LogP contribution in [0.4, 0.5) is 0 Å². The maximum Gasteiger partial charge on any atom is 0.150 e. The van der Waals surface area contributed by atoms with Crippen LogP contribution in [-0.2, 0) is 0 Å². The van der Waals surface area contributed by atoms with E-state index in [-0.39, 0.29) is 11.4 Å². The molecule has 2 unspecified atom stereocenters. The van der Waals surface area contributed by atoms with E-state index in [1.807, 2.05) is 19.1 Å². The van der Waals surface area contributed by atoms with Gasteiger partial charge >= 0.3 is 0 Å². The Balaban J connectivity index is 2.64. The van der Waals surface area contributed by atoms with Crippen LogP contribution in [0.3, 0.4) is 0 Å². The van der Waals surface area contributed by atoms with Crippen molar-refractivity contribution in [2.45, 2.75) is 30.1 Å². The predicted octanol–water partition coefficient (Wildman–Crippen LogP) is 2.36. The lowest BCUT2D eigenvalue weighted by Gasteiger charge is -2.13. The summed E-state index contributed by atoms with van der Waals surface area (Å²) in [5.41, 5.74) is 0.680. The summed E-state index contributed by atoms with van der Waals surface area (Å²) in [6, 6.07) is 7.36. The molecule has 0 aromatic heterocycles. The first kappa shape index (κ1) is 11.3. The summed E-state index contributed by atoms with van der Waals surface area (Å²) >= 11 is 1.60. The van der Waals surface area contributed by atoms with E-state index < -0.39 is 0 Å². The van der Waals surface area contributed by atoms with Gasteiger partial charge in [0.15, 0.2) is 0 Å². The van der Waals surface area contributed by atoms with E-state index in [0.29, 0.717) is 5.56 Å². The van der Waals surface area contributed by atoms with Crippen molar-refractivity contribution in [3.05, 3.63) is 29.8 Å². The minimum absolute atomic E-state index is 0.164. The van der Waals surface area contributed by atoms with Gasteiger partial charge in [0.2, 0.25) is 0 Å². The molecular formula is C11H14O2S. The molecule has 1 aromatic carbocycles. The number of benzene rings is 1. The molecule has 0 bridgehead atoms. The molecule has 76 valence electrons. The number of aliphatic hydroxyl groups excluding tert-OH is 1. The number of thioether (sulfide) groups is 1. The molecule has 0 radical (unpaired) electrons. The Labute approximate surface area is 88.3 Å². The largest absolute Gasteiger partial charge is 0.392 e. The number of rotatable bonds is 4. The predicted molar refractivity (Wildman–Crippen MR) is 58.8 cm³/mol. The average molecular weight is 210 g/mol. The molecule has 3 heteroatoms. The first-order chi connectivity index (χ1) is 6.63. The zero-order valence-corrected chi connectivity index (χ0v) is 9.12. The van der Waals surface area contributed by atoms with E-state index in [4.69, 9.17) is 0 Å². The standard InChI is InChI=1S/C11H14O2S/c1-8(13)9(2)14-11-5-3-10(7-12)4-6-11/h3-9,13H,1-2H3. The Morgan fingerprint density at radius 1 is 1.29 bits per heavy atom. The van der Waals surface area contributed by atoms with Gasteiger partial charge in [0.25, 0.3) is 0 Å². The van der Waals surface area contributed by atoms with Crippen LogP contribution in [0.25, 0.3) is 0 Å². The van der Waals surface area contributed by atoms with Crippen LogP contribution in [-0.4, -0.2) is 22.7 Å². The summed E-state index contributed by atoms with van der Waals surface area (Å²) in [5.74, 6) is 0. The molecule has 2 nitrogen and oxygen atoms in total. The highest BCUT2D eigenvalue weighted by molar-refractivity contribution is 8.00. The number of aldehydes is 1. The van der Waals surface area contributed by atoms with Crippen LogP contribution in [0, 0.1) is 0 Å². The van der Waals surface area contributed by atoms with Gasteiger partial charge in [-0.3, -0.25) is 4.79 Å². The Hall–Kier alpha value is -0.800. The van der Waals surface area contributed by atoms with E-state index >= 15 is 0 Å². The van der Waals surface area contributed by atoms with Gasteiger partial charge in [0.05, 0.1) is 6.10 Å². The summed E-state index contributed by atoms with van der Waals surface area (Å²) in [5, 5.41) is 9.47. The number of carbonyl (C=O) groups is 1. The second-order valence-corrected chi connectivity index (χ2v) is 4.70. The van der Waals surface area contributed by atoms with E-state index in [1.54, 1.807) is 30.8 Å². The third-order valence-corrected chi connectivity index (χ3v) is 3.33. The van der Waals surface area contributed by atoms with E-state index in [1.165, 1.54) is 0 Å². The van der Waals surface area contributed by atoms with Crippen molar-refractivity contribution in [2.75, 3.05) is 0 Å². The normalized spacial score (nSPS) is 14.8. The number of aliphatic hydroxyl groups is 1. The molecule has 0 aliphatic heterocycles. The van der Waals surface area contributed by atoms with Gasteiger partial charge in [-0.15, -0.1) is 11.8 Å². The molecule has 0 amide bonds. The lowest BCUT2D eigenvalue weighted by atomic mass is 10.2. The molecule has 1 aromatic rings. The second kappa shape index (κ2) is 5.17. The Morgan fingerprint density at radius 2 is 1.86 bits per heavy atom. The topological polar surface area (TPSA) is 37.3 Å². The van der Waals surface area contributed by atoms with Gasteiger partial charge < -0.3 is 5.11 Å². The van der Waals surface area contributed by atoms with Crippen LogP contribution >= 0.6 is 11.8 Å². The maximum atomic E-state index is 10.4. The molecule has 14 heavy (non-hydrogen) atoms. The monoisotopic (exact) mass is 210 g/mol. The summed E-state index contributed by atoms with van der Waals surface area (Å²) in [4.78, 5) is 11.5. The zero-order valence-electron chi connectivity index (χ0n) is 8.31. The molecule has 2 atom stereocenters. The first-order valence-electron chi connectivity index (χ1n) is 4.53. The molecule has 0 fully saturated rings. The van der Waals surface area contributed by atoms with Gasteiger partial charge in [-0.1, -0.05) is 19.1 Å². The van der Waals surface area contributed by atoms with Crippen LogP contribution in [0.2, 0.25) is 0 Å². The maximum absolute atomic E-state index is 10.4. The lowest BCUT2D eigenvalue weighted by molar-refractivity contribution is 0.112. The molecule has 1 N–H and O–H groups in total. The molecule has 0 saturated carbocycles. The molecule has 0 aliphatic carbocycles. The van der Waals surface area contributed by atoms with Crippen molar-refractivity contribution >= 4 is 18.0 Å². The van der Waals surface area contributed by atoms with E-state index in [2.05, 4.69) is 0 Å². The first-order valence-corrected chi connectivity index (χ1v) is 5.41. The van der Waals surface area contributed by atoms with Crippen molar-refractivity contribution < 1.29 is 9.90 Å². The molecule has 1 rings (SSSR count). The fraction of sp³-hybridized carbons (Fsp3) is 0.364. The summed E-state index contributed by atoms with van der Waals surface area (Å²) in [6.07, 6.45) is 0.498. The van der Waals surface area contributed by atoms with E-state index in [0.717, 1.165) is 11.2 Å². The third-order valence-electron chi connectivity index (χ3n) is 2.02. The Morgan fingerprint density at radius 3 is 2.29 bits per heavy atom. The summed E-state index contributed by atoms with van der Waals surface area (Å²) in [6.45, 7) is 3.75. The van der Waals surface area contributed by atoms with Crippen molar-refractivity contribution in [3.8, 4) is 0 Å². The Bertz CT molecular complexity index is 293.